The summed E-state index contributed by atoms with van der Waals surface area (Å²) >= 11 is 0. The van der Waals surface area contributed by atoms with Gasteiger partial charge in [0.15, 0.2) is 0 Å². The van der Waals surface area contributed by atoms with E-state index in [1.807, 2.05) is 12.4 Å². The number of carbonyl (C=O) groups excluding carboxylic acids is 1. The number of hydrogen-bond acceptors (Lipinski definition) is 3. The van der Waals surface area contributed by atoms with Crippen molar-refractivity contribution < 1.29 is 4.79 Å². The number of carbonyl (C=O) groups is 1. The highest BCUT2D eigenvalue weighted by atomic mass is 16.2. The smallest absolute Gasteiger partial charge is 0.237 e. The molecule has 0 aromatic carbocycles. The molecule has 1 atom stereocenters. The van der Waals surface area contributed by atoms with Crippen molar-refractivity contribution in [1.29, 1.82) is 0 Å². The van der Waals surface area contributed by atoms with Crippen LogP contribution in [0.1, 0.15) is 25.1 Å². The van der Waals surface area contributed by atoms with E-state index in [2.05, 4.69) is 26.8 Å². The van der Waals surface area contributed by atoms with Crippen LogP contribution in [0.4, 0.5) is 0 Å². The minimum absolute atomic E-state index is 0.133. The minimum Gasteiger partial charge on any atom is -0.355 e. The lowest BCUT2D eigenvalue weighted by atomic mass is 9.92. The Morgan fingerprint density at radius 1 is 1.37 bits per heavy atom. The average molecular weight is 262 g/mol. The van der Waals surface area contributed by atoms with Gasteiger partial charge in [0, 0.05) is 32.4 Å². The molecule has 1 unspecified atom stereocenters. The molecule has 1 aromatic heterocycles. The van der Waals surface area contributed by atoms with Crippen molar-refractivity contribution in [3.8, 4) is 0 Å². The number of hydrogen-bond donors (Lipinski definition) is 1. The van der Waals surface area contributed by atoms with E-state index in [0.29, 0.717) is 5.92 Å². The average Bonchev–Trinajstić information content (AvgIpc) is 3.00. The van der Waals surface area contributed by atoms with Gasteiger partial charge in [-0.3, -0.25) is 9.69 Å². The zero-order valence-electron chi connectivity index (χ0n) is 11.5. The molecule has 1 N–H and O–H groups in total. The second-order valence-corrected chi connectivity index (χ2v) is 5.73. The Hall–Kier alpha value is -1.36. The van der Waals surface area contributed by atoms with Gasteiger partial charge in [0.05, 0.1) is 6.04 Å². The van der Waals surface area contributed by atoms with Crippen molar-refractivity contribution in [2.75, 3.05) is 19.6 Å². The van der Waals surface area contributed by atoms with Crippen LogP contribution in [0.5, 0.6) is 0 Å². The van der Waals surface area contributed by atoms with Gasteiger partial charge in [0.1, 0.15) is 5.82 Å². The number of imidazole rings is 1. The quantitative estimate of drug-likeness (QED) is 0.866. The van der Waals surface area contributed by atoms with Gasteiger partial charge in [-0.15, -0.1) is 0 Å². The summed E-state index contributed by atoms with van der Waals surface area (Å²) in [7, 11) is 2.06. The van der Waals surface area contributed by atoms with E-state index < -0.39 is 0 Å². The van der Waals surface area contributed by atoms with E-state index in [-0.39, 0.29) is 11.9 Å². The molecular weight excluding hydrogens is 240 g/mol. The molecule has 0 saturated carbocycles. The largest absolute Gasteiger partial charge is 0.355 e. The number of aryl methyl sites for hydroxylation is 1. The first-order valence-electron chi connectivity index (χ1n) is 7.22. The lowest BCUT2D eigenvalue weighted by molar-refractivity contribution is -0.124. The predicted octanol–water partition coefficient (Wildman–Crippen LogP) is 0.563. The molecule has 2 aliphatic rings. The van der Waals surface area contributed by atoms with Gasteiger partial charge in [-0.2, -0.15) is 0 Å². The lowest BCUT2D eigenvalue weighted by Crippen LogP contribution is -2.45. The summed E-state index contributed by atoms with van der Waals surface area (Å²) in [6, 6.07) is 0.133. The SMILES string of the molecule is Cn1ccnc1CC1CCN(C2CCNC2=O)CC1. The molecule has 2 saturated heterocycles. The Bertz CT molecular complexity index is 448. The first-order valence-corrected chi connectivity index (χ1v) is 7.22. The first-order chi connectivity index (χ1) is 9.24. The molecule has 5 nitrogen and oxygen atoms in total. The topological polar surface area (TPSA) is 50.2 Å². The normalized spacial score (nSPS) is 25.7. The van der Waals surface area contributed by atoms with E-state index in [9.17, 15) is 4.79 Å². The first kappa shape index (κ1) is 12.7. The van der Waals surface area contributed by atoms with Crippen LogP contribution >= 0.6 is 0 Å². The predicted molar refractivity (Wildman–Crippen MR) is 72.6 cm³/mol. The van der Waals surface area contributed by atoms with Crippen LogP contribution in [-0.4, -0.2) is 46.0 Å². The number of nitrogens with zero attached hydrogens (tertiary/aromatic N) is 3. The van der Waals surface area contributed by atoms with Crippen LogP contribution in [0.25, 0.3) is 0 Å². The molecule has 2 fully saturated rings. The highest BCUT2D eigenvalue weighted by molar-refractivity contribution is 5.83. The summed E-state index contributed by atoms with van der Waals surface area (Å²) in [4.78, 5) is 18.5. The Labute approximate surface area is 114 Å². The van der Waals surface area contributed by atoms with Crippen LogP contribution in [0.2, 0.25) is 0 Å². The Balaban J connectivity index is 1.52. The lowest BCUT2D eigenvalue weighted by Gasteiger charge is -2.34. The summed E-state index contributed by atoms with van der Waals surface area (Å²) in [5.41, 5.74) is 0. The second-order valence-electron chi connectivity index (χ2n) is 5.73. The van der Waals surface area contributed by atoms with Crippen LogP contribution in [-0.2, 0) is 18.3 Å². The summed E-state index contributed by atoms with van der Waals surface area (Å²) in [6.45, 7) is 2.94. The molecule has 3 rings (SSSR count). The summed E-state index contributed by atoms with van der Waals surface area (Å²) < 4.78 is 2.11. The molecule has 1 amide bonds. The molecular formula is C14H22N4O. The maximum atomic E-state index is 11.7. The fourth-order valence-corrected chi connectivity index (χ4v) is 3.25. The summed E-state index contributed by atoms with van der Waals surface area (Å²) in [5, 5.41) is 2.93. The van der Waals surface area contributed by atoms with Gasteiger partial charge in [-0.05, 0) is 38.3 Å². The van der Waals surface area contributed by atoms with Crippen LogP contribution < -0.4 is 5.32 Å². The molecule has 104 valence electrons. The number of aromatic nitrogens is 2. The number of nitrogens with one attached hydrogen (secondary N) is 1. The fourth-order valence-electron chi connectivity index (χ4n) is 3.25. The van der Waals surface area contributed by atoms with Gasteiger partial charge in [-0.25, -0.2) is 4.98 Å². The van der Waals surface area contributed by atoms with Crippen molar-refractivity contribution in [2.24, 2.45) is 13.0 Å². The summed E-state index contributed by atoms with van der Waals surface area (Å²) in [5.74, 6) is 2.11. The van der Waals surface area contributed by atoms with Gasteiger partial charge in [0.2, 0.25) is 5.91 Å². The fraction of sp³-hybridized carbons (Fsp3) is 0.714. The van der Waals surface area contributed by atoms with E-state index in [0.717, 1.165) is 32.5 Å². The molecule has 19 heavy (non-hydrogen) atoms. The molecule has 0 aliphatic carbocycles. The summed E-state index contributed by atoms with van der Waals surface area (Å²) in [6.07, 6.45) is 8.27. The maximum Gasteiger partial charge on any atom is 0.237 e. The highest BCUT2D eigenvalue weighted by Crippen LogP contribution is 2.24. The van der Waals surface area contributed by atoms with Gasteiger partial charge in [-0.1, -0.05) is 0 Å². The third kappa shape index (κ3) is 2.66. The standard InChI is InChI=1S/C14H22N4O/c1-17-9-6-15-13(17)10-11-3-7-18(8-4-11)12-2-5-16-14(12)19/h6,9,11-12H,2-5,7-8,10H2,1H3,(H,16,19). The monoisotopic (exact) mass is 262 g/mol. The Morgan fingerprint density at radius 2 is 2.16 bits per heavy atom. The molecule has 3 heterocycles. The van der Waals surface area contributed by atoms with E-state index in [1.54, 1.807) is 0 Å². The number of amides is 1. The van der Waals surface area contributed by atoms with E-state index in [1.165, 1.54) is 18.7 Å². The third-order valence-electron chi connectivity index (χ3n) is 4.50. The van der Waals surface area contributed by atoms with E-state index >= 15 is 0 Å². The van der Waals surface area contributed by atoms with Crippen LogP contribution in [0, 0.1) is 5.92 Å². The van der Waals surface area contributed by atoms with Crippen molar-refractivity contribution >= 4 is 5.91 Å². The molecule has 5 heteroatoms. The molecule has 0 radical (unpaired) electrons. The van der Waals surface area contributed by atoms with Crippen molar-refractivity contribution in [1.82, 2.24) is 19.8 Å². The van der Waals surface area contributed by atoms with Crippen LogP contribution in [0.3, 0.4) is 0 Å². The molecule has 1 aromatic rings. The third-order valence-corrected chi connectivity index (χ3v) is 4.50. The second kappa shape index (κ2) is 5.33. The molecule has 0 spiro atoms. The molecule has 2 aliphatic heterocycles. The zero-order chi connectivity index (χ0) is 13.2. The Kier molecular flexibility index (Phi) is 3.55. The minimum atomic E-state index is 0.133. The van der Waals surface area contributed by atoms with E-state index in [4.69, 9.17) is 0 Å². The highest BCUT2D eigenvalue weighted by Gasteiger charge is 2.32. The number of likely N-dealkylation sites (tertiary alicyclic amines) is 1. The Morgan fingerprint density at radius 3 is 2.74 bits per heavy atom. The van der Waals surface area contributed by atoms with Crippen molar-refractivity contribution in [2.45, 2.75) is 31.7 Å². The van der Waals surface area contributed by atoms with Gasteiger partial charge in [0.25, 0.3) is 0 Å². The maximum absolute atomic E-state index is 11.7. The number of piperidine rings is 1. The number of rotatable bonds is 3. The van der Waals surface area contributed by atoms with Crippen LogP contribution in [0.15, 0.2) is 12.4 Å². The zero-order valence-corrected chi connectivity index (χ0v) is 11.5. The van der Waals surface area contributed by atoms with Crippen molar-refractivity contribution in [3.05, 3.63) is 18.2 Å². The van der Waals surface area contributed by atoms with Gasteiger partial charge >= 0.3 is 0 Å². The van der Waals surface area contributed by atoms with Crippen molar-refractivity contribution in [3.63, 3.8) is 0 Å². The van der Waals surface area contributed by atoms with Gasteiger partial charge < -0.3 is 9.88 Å². The molecule has 0 bridgehead atoms.